The van der Waals surface area contributed by atoms with Crippen LogP contribution in [0.1, 0.15) is 258 Å². The van der Waals surface area contributed by atoms with Crippen molar-refractivity contribution in [3.05, 3.63) is 0 Å². The van der Waals surface area contributed by atoms with Crippen molar-refractivity contribution >= 4 is 19.8 Å². The molecule has 0 amide bonds. The highest BCUT2D eigenvalue weighted by molar-refractivity contribution is 7.46. The highest BCUT2D eigenvalue weighted by Crippen LogP contribution is 2.36. The number of carbonyl (C=O) groups is 2. The van der Waals surface area contributed by atoms with Gasteiger partial charge in [-0.15, -0.1) is 0 Å². The summed E-state index contributed by atoms with van der Waals surface area (Å²) in [6.45, 7) is 3.73. The summed E-state index contributed by atoms with van der Waals surface area (Å²) in [6, 6.07) is 0. The fraction of sp³-hybridized carbons (Fsp3) is 0.956. The van der Waals surface area contributed by atoms with Crippen LogP contribution in [0.5, 0.6) is 0 Å². The van der Waals surface area contributed by atoms with Crippen LogP contribution in [0, 0.1) is 0 Å². The fourth-order valence-electron chi connectivity index (χ4n) is 7.14. The monoisotopic (exact) mass is 789 g/mol. The standard InChI is InChI=1S/C45H89O8P/c1-3-5-7-9-11-13-15-17-18-19-20-21-22-23-24-25-26-28-30-32-34-36-38-40-45(47)53-43(42-52-54(48,49)50)41-51-44(46)39-37-35-33-31-29-27-16-14-12-10-8-6-4-2/h43H,3-42H2,1-2H3,(H2,48,49,50)/t43-/m1/s1. The summed E-state index contributed by atoms with van der Waals surface area (Å²) >= 11 is 0. The third-order valence-electron chi connectivity index (χ3n) is 10.6. The van der Waals surface area contributed by atoms with Crippen LogP contribution in [0.25, 0.3) is 0 Å². The summed E-state index contributed by atoms with van der Waals surface area (Å²) < 4.78 is 26.4. The molecule has 0 aliphatic rings. The molecule has 0 radical (unpaired) electrons. The maximum absolute atomic E-state index is 12.4. The number of unbranched alkanes of at least 4 members (excludes halogenated alkanes) is 34. The van der Waals surface area contributed by atoms with E-state index in [0.29, 0.717) is 6.42 Å². The molecule has 0 saturated heterocycles. The van der Waals surface area contributed by atoms with Gasteiger partial charge >= 0.3 is 19.8 Å². The van der Waals surface area contributed by atoms with E-state index in [1.54, 1.807) is 0 Å². The van der Waals surface area contributed by atoms with Gasteiger partial charge in [0.05, 0.1) is 6.61 Å². The van der Waals surface area contributed by atoms with E-state index in [4.69, 9.17) is 19.3 Å². The first-order valence-electron chi connectivity index (χ1n) is 23.3. The van der Waals surface area contributed by atoms with Crippen LogP contribution < -0.4 is 0 Å². The van der Waals surface area contributed by atoms with E-state index in [1.165, 1.54) is 193 Å². The number of phosphoric ester groups is 1. The van der Waals surface area contributed by atoms with Crippen molar-refractivity contribution in [2.45, 2.75) is 264 Å². The first kappa shape index (κ1) is 53.0. The second-order valence-corrected chi connectivity index (χ2v) is 17.3. The number of rotatable bonds is 44. The van der Waals surface area contributed by atoms with E-state index in [-0.39, 0.29) is 19.4 Å². The molecule has 0 unspecified atom stereocenters. The molecule has 0 fully saturated rings. The van der Waals surface area contributed by atoms with Crippen molar-refractivity contribution in [1.82, 2.24) is 0 Å². The van der Waals surface area contributed by atoms with E-state index in [0.717, 1.165) is 32.1 Å². The van der Waals surface area contributed by atoms with Gasteiger partial charge in [-0.1, -0.05) is 232 Å². The van der Waals surface area contributed by atoms with Crippen molar-refractivity contribution in [2.24, 2.45) is 0 Å². The van der Waals surface area contributed by atoms with Crippen LogP contribution in [0.2, 0.25) is 0 Å². The van der Waals surface area contributed by atoms with Crippen LogP contribution >= 0.6 is 7.82 Å². The number of ether oxygens (including phenoxy) is 2. The summed E-state index contributed by atoms with van der Waals surface area (Å²) in [4.78, 5) is 42.9. The SMILES string of the molecule is CCCCCCCCCCCCCCCCCCCCCCCCCC(=O)O[C@H](COC(=O)CCCCCCCCCCCCCCC)COP(=O)(O)O. The second kappa shape index (κ2) is 41.7. The average Bonchev–Trinajstić information content (AvgIpc) is 3.14. The highest BCUT2D eigenvalue weighted by Gasteiger charge is 2.23. The Kier molecular flexibility index (Phi) is 40.9. The molecule has 9 heteroatoms. The molecule has 0 rings (SSSR count). The van der Waals surface area contributed by atoms with Crippen molar-refractivity contribution in [3.63, 3.8) is 0 Å². The zero-order valence-electron chi connectivity index (χ0n) is 35.7. The third-order valence-corrected chi connectivity index (χ3v) is 11.1. The van der Waals surface area contributed by atoms with Gasteiger partial charge < -0.3 is 19.3 Å². The van der Waals surface area contributed by atoms with Gasteiger partial charge in [0.2, 0.25) is 0 Å². The van der Waals surface area contributed by atoms with Crippen LogP contribution in [0.15, 0.2) is 0 Å². The number of hydrogen-bond acceptors (Lipinski definition) is 6. The molecular formula is C45H89O8P. The average molecular weight is 789 g/mol. The molecule has 0 aliphatic carbocycles. The molecule has 0 spiro atoms. The topological polar surface area (TPSA) is 119 Å². The van der Waals surface area contributed by atoms with Gasteiger partial charge in [-0.25, -0.2) is 4.57 Å². The lowest BCUT2D eigenvalue weighted by Gasteiger charge is -2.18. The van der Waals surface area contributed by atoms with Crippen LogP contribution in [0.4, 0.5) is 0 Å². The Morgan fingerprint density at radius 3 is 0.944 bits per heavy atom. The van der Waals surface area contributed by atoms with Crippen LogP contribution in [-0.4, -0.2) is 41.0 Å². The molecule has 0 aromatic carbocycles. The molecule has 0 aromatic rings. The first-order chi connectivity index (χ1) is 26.3. The molecule has 54 heavy (non-hydrogen) atoms. The lowest BCUT2D eigenvalue weighted by Crippen LogP contribution is -2.29. The third kappa shape index (κ3) is 43.8. The molecule has 322 valence electrons. The van der Waals surface area contributed by atoms with Crippen LogP contribution in [0.3, 0.4) is 0 Å². The van der Waals surface area contributed by atoms with E-state index >= 15 is 0 Å². The quantitative estimate of drug-likeness (QED) is 0.0356. The van der Waals surface area contributed by atoms with Gasteiger partial charge in [0, 0.05) is 12.8 Å². The number of carbonyl (C=O) groups excluding carboxylic acids is 2. The van der Waals surface area contributed by atoms with Gasteiger partial charge in [-0.05, 0) is 12.8 Å². The van der Waals surface area contributed by atoms with Crippen molar-refractivity contribution in [2.75, 3.05) is 13.2 Å². The molecule has 0 heterocycles. The van der Waals surface area contributed by atoms with Crippen molar-refractivity contribution in [1.29, 1.82) is 0 Å². The summed E-state index contributed by atoms with van der Waals surface area (Å²) in [5.74, 6) is -0.865. The van der Waals surface area contributed by atoms with E-state index < -0.39 is 32.5 Å². The lowest BCUT2D eigenvalue weighted by atomic mass is 10.0. The summed E-state index contributed by atoms with van der Waals surface area (Å²) in [5.41, 5.74) is 0. The number of hydrogen-bond donors (Lipinski definition) is 2. The van der Waals surface area contributed by atoms with Gasteiger partial charge in [0.25, 0.3) is 0 Å². The minimum absolute atomic E-state index is 0.221. The largest absolute Gasteiger partial charge is 0.469 e. The smallest absolute Gasteiger partial charge is 0.462 e. The van der Waals surface area contributed by atoms with Crippen molar-refractivity contribution < 1.29 is 37.9 Å². The normalized spacial score (nSPS) is 12.3. The van der Waals surface area contributed by atoms with Gasteiger partial charge in [-0.3, -0.25) is 14.1 Å². The number of phosphoric acid groups is 1. The summed E-state index contributed by atoms with van der Waals surface area (Å²) in [6.07, 6.45) is 45.5. The second-order valence-electron chi connectivity index (χ2n) is 16.1. The Morgan fingerprint density at radius 2 is 0.667 bits per heavy atom. The molecule has 0 aliphatic heterocycles. The first-order valence-corrected chi connectivity index (χ1v) is 24.9. The number of esters is 2. The van der Waals surface area contributed by atoms with E-state index in [1.807, 2.05) is 0 Å². The predicted molar refractivity (Wildman–Crippen MR) is 226 cm³/mol. The van der Waals surface area contributed by atoms with E-state index in [9.17, 15) is 14.2 Å². The van der Waals surface area contributed by atoms with E-state index in [2.05, 4.69) is 18.4 Å². The predicted octanol–water partition coefficient (Wildman–Crippen LogP) is 14.4. The summed E-state index contributed by atoms with van der Waals surface area (Å²) in [5, 5.41) is 0. The van der Waals surface area contributed by atoms with Crippen LogP contribution in [-0.2, 0) is 28.2 Å². The molecule has 0 saturated carbocycles. The minimum Gasteiger partial charge on any atom is -0.462 e. The van der Waals surface area contributed by atoms with Gasteiger partial charge in [-0.2, -0.15) is 0 Å². The summed E-state index contributed by atoms with van der Waals surface area (Å²) in [7, 11) is -4.75. The maximum atomic E-state index is 12.4. The molecule has 1 atom stereocenters. The Labute approximate surface area is 334 Å². The van der Waals surface area contributed by atoms with Gasteiger partial charge in [0.15, 0.2) is 6.10 Å². The zero-order valence-corrected chi connectivity index (χ0v) is 36.5. The highest BCUT2D eigenvalue weighted by atomic mass is 31.2. The molecule has 0 aromatic heterocycles. The molecule has 8 nitrogen and oxygen atoms in total. The maximum Gasteiger partial charge on any atom is 0.469 e. The lowest BCUT2D eigenvalue weighted by molar-refractivity contribution is -0.161. The molecular weight excluding hydrogens is 699 g/mol. The Balaban J connectivity index is 3.76. The fourth-order valence-corrected chi connectivity index (χ4v) is 7.50. The van der Waals surface area contributed by atoms with Crippen molar-refractivity contribution in [3.8, 4) is 0 Å². The Morgan fingerprint density at radius 1 is 0.407 bits per heavy atom. The Bertz CT molecular complexity index is 848. The Hall–Kier alpha value is -0.950. The minimum atomic E-state index is -4.75. The van der Waals surface area contributed by atoms with Gasteiger partial charge in [0.1, 0.15) is 6.61 Å². The zero-order chi connectivity index (χ0) is 39.6. The molecule has 2 N–H and O–H groups in total. The molecule has 0 bridgehead atoms.